The molecule has 1 aromatic carbocycles. The quantitative estimate of drug-likeness (QED) is 0.672. The summed E-state index contributed by atoms with van der Waals surface area (Å²) in [6, 6.07) is 11.4. The maximum absolute atomic E-state index is 8.83. The van der Waals surface area contributed by atoms with Gasteiger partial charge < -0.3 is 4.90 Å². The highest BCUT2D eigenvalue weighted by atomic mass is 35.5. The minimum Gasteiger partial charge on any atom is -0.329 e. The summed E-state index contributed by atoms with van der Waals surface area (Å²) < 4.78 is 0. The first-order valence-electron chi connectivity index (χ1n) is 5.83. The van der Waals surface area contributed by atoms with Crippen LogP contribution >= 0.6 is 22.9 Å². The topological polar surface area (TPSA) is 52.8 Å². The van der Waals surface area contributed by atoms with Gasteiger partial charge in [0.15, 0.2) is 0 Å². The monoisotopic (exact) mass is 300 g/mol. The minimum absolute atomic E-state index is 0.232. The summed E-state index contributed by atoms with van der Waals surface area (Å²) in [6.07, 6.45) is 0. The van der Waals surface area contributed by atoms with Crippen LogP contribution in [0.3, 0.4) is 0 Å². The van der Waals surface area contributed by atoms with Gasteiger partial charge in [0.1, 0.15) is 10.6 Å². The fourth-order valence-electron chi connectivity index (χ4n) is 1.95. The number of hydrogen-bond acceptors (Lipinski definition) is 5. The molecule has 0 unspecified atom stereocenters. The smallest absolute Gasteiger partial charge is 0.225 e. The van der Waals surface area contributed by atoms with Crippen LogP contribution in [-0.2, 0) is 0 Å². The highest BCUT2D eigenvalue weighted by molar-refractivity contribution is 7.16. The van der Waals surface area contributed by atoms with Crippen molar-refractivity contribution in [1.82, 2.24) is 9.97 Å². The fraction of sp³-hybridized carbons (Fsp3) is 0.0714. The summed E-state index contributed by atoms with van der Waals surface area (Å²) in [7, 11) is 1.91. The average Bonchev–Trinajstić information content (AvgIpc) is 2.94. The van der Waals surface area contributed by atoms with E-state index in [1.807, 2.05) is 35.5 Å². The SMILES string of the molecule is CN(c1ccc(C#N)cc1)c1nc(Cl)nc2sccc12. The van der Waals surface area contributed by atoms with E-state index in [-0.39, 0.29) is 5.28 Å². The van der Waals surface area contributed by atoms with Crippen LogP contribution in [0.25, 0.3) is 10.2 Å². The number of fused-ring (bicyclic) bond motifs is 1. The zero-order valence-corrected chi connectivity index (χ0v) is 12.1. The summed E-state index contributed by atoms with van der Waals surface area (Å²) in [6.45, 7) is 0. The van der Waals surface area contributed by atoms with Gasteiger partial charge in [0.2, 0.25) is 5.28 Å². The van der Waals surface area contributed by atoms with E-state index in [0.717, 1.165) is 21.7 Å². The third-order valence-corrected chi connectivity index (χ3v) is 3.95. The number of halogens is 1. The molecular weight excluding hydrogens is 292 g/mol. The summed E-state index contributed by atoms with van der Waals surface area (Å²) in [5.74, 6) is 0.756. The van der Waals surface area contributed by atoms with Crippen molar-refractivity contribution in [3.8, 4) is 6.07 Å². The molecule has 0 aliphatic rings. The Hall–Kier alpha value is -2.16. The molecule has 0 amide bonds. The number of hydrogen-bond donors (Lipinski definition) is 0. The molecule has 6 heteroatoms. The number of nitrogens with zero attached hydrogens (tertiary/aromatic N) is 4. The lowest BCUT2D eigenvalue weighted by Crippen LogP contribution is -2.11. The predicted octanol–water partition coefficient (Wildman–Crippen LogP) is 3.98. The second-order valence-electron chi connectivity index (χ2n) is 4.17. The van der Waals surface area contributed by atoms with Crippen molar-refractivity contribution in [3.63, 3.8) is 0 Å². The number of thiophene rings is 1. The van der Waals surface area contributed by atoms with Crippen molar-refractivity contribution >= 4 is 44.7 Å². The third-order valence-electron chi connectivity index (χ3n) is 2.98. The van der Waals surface area contributed by atoms with E-state index in [1.165, 1.54) is 11.3 Å². The molecule has 0 aliphatic carbocycles. The molecule has 0 spiro atoms. The number of nitriles is 1. The molecule has 0 fully saturated rings. The largest absolute Gasteiger partial charge is 0.329 e. The fourth-order valence-corrected chi connectivity index (χ4v) is 2.93. The lowest BCUT2D eigenvalue weighted by molar-refractivity contribution is 1.11. The van der Waals surface area contributed by atoms with E-state index in [1.54, 1.807) is 12.1 Å². The maximum atomic E-state index is 8.83. The second-order valence-corrected chi connectivity index (χ2v) is 5.41. The highest BCUT2D eigenvalue weighted by Crippen LogP contribution is 2.32. The third kappa shape index (κ3) is 2.20. The van der Waals surface area contributed by atoms with Gasteiger partial charge >= 0.3 is 0 Å². The van der Waals surface area contributed by atoms with Gasteiger partial charge in [-0.1, -0.05) is 0 Å². The van der Waals surface area contributed by atoms with Crippen LogP contribution in [0, 0.1) is 11.3 Å². The second kappa shape index (κ2) is 5.08. The molecule has 4 nitrogen and oxygen atoms in total. The van der Waals surface area contributed by atoms with Crippen LogP contribution in [0.4, 0.5) is 11.5 Å². The molecule has 2 heterocycles. The van der Waals surface area contributed by atoms with Crippen LogP contribution in [0.2, 0.25) is 5.28 Å². The molecule has 3 rings (SSSR count). The summed E-state index contributed by atoms with van der Waals surface area (Å²) in [5, 5.41) is 12.0. The van der Waals surface area contributed by atoms with Gasteiger partial charge in [0.25, 0.3) is 0 Å². The molecule has 0 saturated heterocycles. The van der Waals surface area contributed by atoms with Crippen LogP contribution in [0.1, 0.15) is 5.56 Å². The van der Waals surface area contributed by atoms with Crippen molar-refractivity contribution in [2.75, 3.05) is 11.9 Å². The lowest BCUT2D eigenvalue weighted by Gasteiger charge is -2.19. The predicted molar refractivity (Wildman–Crippen MR) is 81.6 cm³/mol. The summed E-state index contributed by atoms with van der Waals surface area (Å²) >= 11 is 7.50. The lowest BCUT2D eigenvalue weighted by atomic mass is 10.2. The van der Waals surface area contributed by atoms with E-state index in [0.29, 0.717) is 5.56 Å². The molecule has 0 aliphatic heterocycles. The molecule has 0 atom stereocenters. The van der Waals surface area contributed by atoms with Crippen LogP contribution < -0.4 is 4.90 Å². The van der Waals surface area contributed by atoms with Gasteiger partial charge in [0, 0.05) is 12.7 Å². The summed E-state index contributed by atoms with van der Waals surface area (Å²) in [5.41, 5.74) is 1.56. The molecule has 20 heavy (non-hydrogen) atoms. The first-order chi connectivity index (χ1) is 9.69. The molecule has 0 radical (unpaired) electrons. The maximum Gasteiger partial charge on any atom is 0.225 e. The Morgan fingerprint density at radius 1 is 1.20 bits per heavy atom. The normalized spacial score (nSPS) is 10.4. The van der Waals surface area contributed by atoms with Gasteiger partial charge in [-0.05, 0) is 47.3 Å². The van der Waals surface area contributed by atoms with Gasteiger partial charge in [0.05, 0.1) is 17.0 Å². The molecular formula is C14H9ClN4S. The Morgan fingerprint density at radius 2 is 1.95 bits per heavy atom. The van der Waals surface area contributed by atoms with Crippen LogP contribution in [-0.4, -0.2) is 17.0 Å². The molecule has 0 bridgehead atoms. The Kier molecular flexibility index (Phi) is 3.26. The van der Waals surface area contributed by atoms with E-state index in [2.05, 4.69) is 16.0 Å². The zero-order chi connectivity index (χ0) is 14.1. The molecule has 0 saturated carbocycles. The number of aromatic nitrogens is 2. The highest BCUT2D eigenvalue weighted by Gasteiger charge is 2.13. The Bertz CT molecular complexity index is 804. The Balaban J connectivity index is 2.09. The van der Waals surface area contributed by atoms with Gasteiger partial charge in [-0.15, -0.1) is 11.3 Å². The first-order valence-corrected chi connectivity index (χ1v) is 7.09. The van der Waals surface area contributed by atoms with Gasteiger partial charge in [-0.2, -0.15) is 10.2 Å². The molecule has 98 valence electrons. The molecule has 0 N–H and O–H groups in total. The number of rotatable bonds is 2. The Labute approximate surface area is 124 Å². The Morgan fingerprint density at radius 3 is 2.65 bits per heavy atom. The van der Waals surface area contributed by atoms with E-state index in [4.69, 9.17) is 16.9 Å². The van der Waals surface area contributed by atoms with E-state index >= 15 is 0 Å². The van der Waals surface area contributed by atoms with Crippen molar-refractivity contribution in [2.45, 2.75) is 0 Å². The molecule has 2 aromatic heterocycles. The summed E-state index contributed by atoms with van der Waals surface area (Å²) in [4.78, 5) is 11.3. The van der Waals surface area contributed by atoms with Gasteiger partial charge in [-0.3, -0.25) is 0 Å². The number of benzene rings is 1. The van der Waals surface area contributed by atoms with Crippen LogP contribution in [0.5, 0.6) is 0 Å². The van der Waals surface area contributed by atoms with E-state index in [9.17, 15) is 0 Å². The zero-order valence-electron chi connectivity index (χ0n) is 10.5. The van der Waals surface area contributed by atoms with Crippen molar-refractivity contribution in [3.05, 3.63) is 46.6 Å². The van der Waals surface area contributed by atoms with E-state index < -0.39 is 0 Å². The van der Waals surface area contributed by atoms with Crippen LogP contribution in [0.15, 0.2) is 35.7 Å². The van der Waals surface area contributed by atoms with Gasteiger partial charge in [-0.25, -0.2) is 4.98 Å². The number of anilines is 2. The van der Waals surface area contributed by atoms with Crippen molar-refractivity contribution in [1.29, 1.82) is 5.26 Å². The minimum atomic E-state index is 0.232. The van der Waals surface area contributed by atoms with Crippen molar-refractivity contribution < 1.29 is 0 Å². The molecule has 3 aromatic rings. The van der Waals surface area contributed by atoms with Crippen molar-refractivity contribution in [2.24, 2.45) is 0 Å². The average molecular weight is 301 g/mol. The first kappa shape index (κ1) is 12.9. The standard InChI is InChI=1S/C14H9ClN4S/c1-19(10-4-2-9(8-16)3-5-10)12-11-6-7-20-13(11)18-14(15)17-12/h2-7H,1H3.